The molecule has 0 aromatic heterocycles. The summed E-state index contributed by atoms with van der Waals surface area (Å²) in [4.78, 5) is 0. The molecular weight excluding hydrogens is 240 g/mol. The third kappa shape index (κ3) is 2.60. The molecule has 0 saturated carbocycles. The van der Waals surface area contributed by atoms with E-state index >= 15 is 0 Å². The van der Waals surface area contributed by atoms with Gasteiger partial charge in [-0.2, -0.15) is 0 Å². The lowest BCUT2D eigenvalue weighted by Crippen LogP contribution is -2.46. The van der Waals surface area contributed by atoms with Crippen LogP contribution in [0.2, 0.25) is 26.2 Å². The molecule has 3 heteroatoms. The van der Waals surface area contributed by atoms with E-state index in [1.54, 1.807) is 0 Å². The Labute approximate surface area is 105 Å². The summed E-state index contributed by atoms with van der Waals surface area (Å²) in [7, 11) is -3.67. The Hall–Kier alpha value is -1.09. The van der Waals surface area contributed by atoms with E-state index in [-0.39, 0.29) is 0 Å². The van der Waals surface area contributed by atoms with Gasteiger partial charge in [0.25, 0.3) is 0 Å². The molecule has 0 spiro atoms. The highest BCUT2D eigenvalue weighted by molar-refractivity contribution is 6.92. The molecule has 0 aliphatic heterocycles. The molecule has 2 aliphatic carbocycles. The minimum Gasteiger partial charge on any atom is -0.448 e. The molecule has 0 radical (unpaired) electrons. The quantitative estimate of drug-likeness (QED) is 0.550. The lowest BCUT2D eigenvalue weighted by molar-refractivity contribution is 0.565. The zero-order valence-electron chi connectivity index (χ0n) is 10.9. The summed E-state index contributed by atoms with van der Waals surface area (Å²) in [5.41, 5.74) is 6.59. The van der Waals surface area contributed by atoms with Crippen LogP contribution >= 0.6 is 0 Å². The Morgan fingerprint density at radius 2 is 1.24 bits per heavy atom. The molecule has 17 heavy (non-hydrogen) atoms. The molecule has 0 bridgehead atoms. The second-order valence-electron chi connectivity index (χ2n) is 5.29. The van der Waals surface area contributed by atoms with Gasteiger partial charge in [-0.3, -0.25) is 0 Å². The minimum atomic E-state index is -1.83. The average molecular weight is 258 g/mol. The van der Waals surface area contributed by atoms with Gasteiger partial charge in [0.1, 0.15) is 0 Å². The Morgan fingerprint density at radius 3 is 1.53 bits per heavy atom. The molecular formula is C14H18OSi2. The molecule has 0 fully saturated rings. The molecule has 0 amide bonds. The first kappa shape index (κ1) is 12.4. The van der Waals surface area contributed by atoms with Crippen molar-refractivity contribution in [2.75, 3.05) is 0 Å². The van der Waals surface area contributed by atoms with Crippen LogP contribution in [0.3, 0.4) is 0 Å². The van der Waals surface area contributed by atoms with E-state index in [0.717, 1.165) is 0 Å². The van der Waals surface area contributed by atoms with E-state index in [1.165, 1.54) is 10.4 Å². The molecule has 1 nitrogen and oxygen atoms in total. The van der Waals surface area contributed by atoms with Crippen LogP contribution in [0.25, 0.3) is 0 Å². The maximum Gasteiger partial charge on any atom is 0.214 e. The first-order valence-electron chi connectivity index (χ1n) is 5.90. The van der Waals surface area contributed by atoms with Crippen LogP contribution in [0.5, 0.6) is 0 Å². The second kappa shape index (κ2) is 4.30. The van der Waals surface area contributed by atoms with Crippen LogP contribution in [0.4, 0.5) is 0 Å². The maximum absolute atomic E-state index is 6.53. The van der Waals surface area contributed by atoms with Gasteiger partial charge in [0.05, 0.1) is 0 Å². The third-order valence-electron chi connectivity index (χ3n) is 3.00. The van der Waals surface area contributed by atoms with Crippen LogP contribution in [-0.4, -0.2) is 16.6 Å². The zero-order chi connectivity index (χ0) is 12.5. The van der Waals surface area contributed by atoms with Crippen molar-refractivity contribution >= 4 is 16.6 Å². The predicted octanol–water partition coefficient (Wildman–Crippen LogP) is 3.79. The Balaban J connectivity index is 2.20. The molecule has 0 atom stereocenters. The standard InChI is InChI=1S/C14H18OSi2/c1-16(2,13-9-5-6-10-13)15-17(3,4)14-11-7-8-12-14/h5-9,11H,1-4H3. The molecule has 0 unspecified atom stereocenters. The number of hydrogen-bond donors (Lipinski definition) is 0. The van der Waals surface area contributed by atoms with Crippen LogP contribution in [-0.2, 0) is 4.12 Å². The largest absolute Gasteiger partial charge is 0.448 e. The summed E-state index contributed by atoms with van der Waals surface area (Å²) in [5.74, 6) is 0. The van der Waals surface area contributed by atoms with Crippen molar-refractivity contribution in [2.24, 2.45) is 0 Å². The summed E-state index contributed by atoms with van der Waals surface area (Å²) in [6.07, 6.45) is 12.3. The molecule has 0 aromatic rings. The van der Waals surface area contributed by atoms with Crippen molar-refractivity contribution in [1.29, 1.82) is 0 Å². The first-order valence-corrected chi connectivity index (χ1v) is 11.7. The summed E-state index contributed by atoms with van der Waals surface area (Å²) in [5, 5.41) is 2.51. The van der Waals surface area contributed by atoms with Gasteiger partial charge in [-0.1, -0.05) is 24.3 Å². The second-order valence-corrected chi connectivity index (χ2v) is 13.2. The summed E-state index contributed by atoms with van der Waals surface area (Å²) in [6, 6.07) is 0. The minimum absolute atomic E-state index is 1.25. The monoisotopic (exact) mass is 258 g/mol. The van der Waals surface area contributed by atoms with Crippen molar-refractivity contribution in [3.8, 4) is 0 Å². The Morgan fingerprint density at radius 1 is 0.824 bits per heavy atom. The molecule has 88 valence electrons. The summed E-state index contributed by atoms with van der Waals surface area (Å²) < 4.78 is 6.53. The van der Waals surface area contributed by atoms with Crippen LogP contribution in [0, 0.1) is 0 Å². The Bertz CT molecular complexity index is 472. The van der Waals surface area contributed by atoms with E-state index in [0.29, 0.717) is 0 Å². The topological polar surface area (TPSA) is 9.23 Å². The van der Waals surface area contributed by atoms with Gasteiger partial charge < -0.3 is 4.12 Å². The van der Waals surface area contributed by atoms with E-state index in [1.807, 2.05) is 24.3 Å². The van der Waals surface area contributed by atoms with Gasteiger partial charge >= 0.3 is 0 Å². The van der Waals surface area contributed by atoms with Gasteiger partial charge in [0, 0.05) is 10.4 Å². The third-order valence-corrected chi connectivity index (χ3v) is 10.3. The van der Waals surface area contributed by atoms with Crippen LogP contribution < -0.4 is 0 Å². The van der Waals surface area contributed by atoms with E-state index in [4.69, 9.17) is 4.12 Å². The highest BCUT2D eigenvalue weighted by Crippen LogP contribution is 2.28. The predicted molar refractivity (Wildman–Crippen MR) is 77.5 cm³/mol. The smallest absolute Gasteiger partial charge is 0.214 e. The number of allylic oxidation sites excluding steroid dienone is 6. The van der Waals surface area contributed by atoms with E-state index < -0.39 is 16.6 Å². The molecule has 0 aromatic carbocycles. The fourth-order valence-electron chi connectivity index (χ4n) is 2.16. The number of rotatable bonds is 4. The van der Waals surface area contributed by atoms with Gasteiger partial charge in [-0.15, -0.1) is 11.5 Å². The van der Waals surface area contributed by atoms with Crippen molar-refractivity contribution in [2.45, 2.75) is 26.2 Å². The van der Waals surface area contributed by atoms with Gasteiger partial charge in [0.15, 0.2) is 0 Å². The van der Waals surface area contributed by atoms with E-state index in [9.17, 15) is 0 Å². The van der Waals surface area contributed by atoms with Crippen LogP contribution in [0.1, 0.15) is 0 Å². The highest BCUT2D eigenvalue weighted by atomic mass is 28.4. The van der Waals surface area contributed by atoms with E-state index in [2.05, 4.69) is 49.8 Å². The SMILES string of the molecule is C[Si](C)(O[Si](C)(C)C1=C=CC=C1)C1=C=CC=C1. The number of hydrogen-bond acceptors (Lipinski definition) is 1. The first-order chi connectivity index (χ1) is 7.92. The molecule has 2 aliphatic rings. The van der Waals surface area contributed by atoms with Gasteiger partial charge in [0.2, 0.25) is 16.6 Å². The van der Waals surface area contributed by atoms with Gasteiger partial charge in [-0.05, 0) is 38.3 Å². The average Bonchev–Trinajstić information content (AvgIpc) is 2.91. The fraction of sp³-hybridized carbons (Fsp3) is 0.286. The summed E-state index contributed by atoms with van der Waals surface area (Å²) >= 11 is 0. The fourth-order valence-corrected chi connectivity index (χ4v) is 10.00. The molecule has 2 rings (SSSR count). The highest BCUT2D eigenvalue weighted by Gasteiger charge is 2.37. The molecule has 0 heterocycles. The van der Waals surface area contributed by atoms with Crippen molar-refractivity contribution in [3.63, 3.8) is 0 Å². The van der Waals surface area contributed by atoms with Gasteiger partial charge in [-0.25, -0.2) is 0 Å². The van der Waals surface area contributed by atoms with Crippen molar-refractivity contribution in [1.82, 2.24) is 0 Å². The molecule has 0 N–H and O–H groups in total. The van der Waals surface area contributed by atoms with Crippen molar-refractivity contribution < 1.29 is 4.12 Å². The lowest BCUT2D eigenvalue weighted by atomic mass is 10.6. The lowest BCUT2D eigenvalue weighted by Gasteiger charge is -2.33. The van der Waals surface area contributed by atoms with Crippen LogP contribution in [0.15, 0.2) is 58.3 Å². The van der Waals surface area contributed by atoms with Crippen molar-refractivity contribution in [3.05, 3.63) is 58.3 Å². The maximum atomic E-state index is 6.53. The normalized spacial score (nSPS) is 17.9. The Kier molecular flexibility index (Phi) is 3.13. The summed E-state index contributed by atoms with van der Waals surface area (Å²) in [6.45, 7) is 8.99. The molecule has 0 saturated heterocycles. The zero-order valence-corrected chi connectivity index (χ0v) is 12.9.